The summed E-state index contributed by atoms with van der Waals surface area (Å²) >= 11 is 0. The minimum absolute atomic E-state index is 0.0438. The standard InChI is InChI=1S/C12H14N4O2/c1-2-18-9-12(17)14-10-5-3-4-6-11(10)16-8-7-13-15-16/h3-8H,2,9H2,1H3,(H,14,17). The van der Waals surface area contributed by atoms with Crippen molar-refractivity contribution in [1.29, 1.82) is 0 Å². The van der Waals surface area contributed by atoms with Crippen molar-refractivity contribution < 1.29 is 9.53 Å². The Labute approximate surface area is 105 Å². The molecule has 0 atom stereocenters. The van der Waals surface area contributed by atoms with Gasteiger partial charge in [0.2, 0.25) is 5.91 Å². The molecule has 0 spiro atoms. The summed E-state index contributed by atoms with van der Waals surface area (Å²) in [4.78, 5) is 11.6. The Kier molecular flexibility index (Phi) is 4.03. The molecule has 0 fully saturated rings. The molecule has 0 bridgehead atoms. The van der Waals surface area contributed by atoms with Crippen molar-refractivity contribution in [3.8, 4) is 5.69 Å². The number of rotatable bonds is 5. The molecule has 0 aliphatic rings. The molecule has 0 saturated carbocycles. The summed E-state index contributed by atoms with van der Waals surface area (Å²) in [6.07, 6.45) is 3.30. The maximum atomic E-state index is 11.6. The number of anilines is 1. The van der Waals surface area contributed by atoms with E-state index in [-0.39, 0.29) is 12.5 Å². The Morgan fingerprint density at radius 1 is 1.44 bits per heavy atom. The Morgan fingerprint density at radius 3 is 3.00 bits per heavy atom. The van der Waals surface area contributed by atoms with E-state index < -0.39 is 0 Å². The topological polar surface area (TPSA) is 69.0 Å². The Bertz CT molecular complexity index is 511. The van der Waals surface area contributed by atoms with Gasteiger partial charge in [-0.2, -0.15) is 0 Å². The van der Waals surface area contributed by atoms with Crippen LogP contribution < -0.4 is 5.32 Å². The lowest BCUT2D eigenvalue weighted by Gasteiger charge is -2.10. The van der Waals surface area contributed by atoms with Crippen LogP contribution in [0.15, 0.2) is 36.7 Å². The van der Waals surface area contributed by atoms with Crippen LogP contribution in [0.3, 0.4) is 0 Å². The molecule has 94 valence electrons. The summed E-state index contributed by atoms with van der Waals surface area (Å²) in [6.45, 7) is 2.40. The minimum Gasteiger partial charge on any atom is -0.372 e. The first kappa shape index (κ1) is 12.3. The summed E-state index contributed by atoms with van der Waals surface area (Å²) < 4.78 is 6.64. The molecule has 0 saturated heterocycles. The Morgan fingerprint density at radius 2 is 2.28 bits per heavy atom. The molecular formula is C12H14N4O2. The summed E-state index contributed by atoms with van der Waals surface area (Å²) in [6, 6.07) is 7.37. The molecule has 0 aliphatic heterocycles. The number of benzene rings is 1. The van der Waals surface area contributed by atoms with Gasteiger partial charge in [-0.05, 0) is 19.1 Å². The van der Waals surface area contributed by atoms with Crippen molar-refractivity contribution >= 4 is 11.6 Å². The summed E-state index contributed by atoms with van der Waals surface area (Å²) in [5.41, 5.74) is 1.44. The van der Waals surface area contributed by atoms with E-state index in [4.69, 9.17) is 4.74 Å². The fourth-order valence-electron chi connectivity index (χ4n) is 1.50. The van der Waals surface area contributed by atoms with E-state index in [1.165, 1.54) is 0 Å². The van der Waals surface area contributed by atoms with Gasteiger partial charge >= 0.3 is 0 Å². The number of aromatic nitrogens is 3. The zero-order chi connectivity index (χ0) is 12.8. The highest BCUT2D eigenvalue weighted by Crippen LogP contribution is 2.18. The predicted molar refractivity (Wildman–Crippen MR) is 66.5 cm³/mol. The van der Waals surface area contributed by atoms with Crippen molar-refractivity contribution in [2.45, 2.75) is 6.92 Å². The SMILES string of the molecule is CCOCC(=O)Nc1ccccc1-n1ccnn1. The van der Waals surface area contributed by atoms with Gasteiger partial charge in [-0.3, -0.25) is 4.79 Å². The van der Waals surface area contributed by atoms with Gasteiger partial charge in [-0.25, -0.2) is 4.68 Å². The van der Waals surface area contributed by atoms with Crippen LogP contribution in [0.1, 0.15) is 6.92 Å². The Balaban J connectivity index is 2.16. The van der Waals surface area contributed by atoms with E-state index in [0.29, 0.717) is 12.3 Å². The predicted octanol–water partition coefficient (Wildman–Crippen LogP) is 1.24. The molecule has 0 aliphatic carbocycles. The lowest BCUT2D eigenvalue weighted by atomic mass is 10.2. The molecule has 1 N–H and O–H groups in total. The lowest BCUT2D eigenvalue weighted by Crippen LogP contribution is -2.19. The van der Waals surface area contributed by atoms with Crippen LogP contribution in [-0.2, 0) is 9.53 Å². The van der Waals surface area contributed by atoms with Crippen LogP contribution in [0.4, 0.5) is 5.69 Å². The fourth-order valence-corrected chi connectivity index (χ4v) is 1.50. The normalized spacial score (nSPS) is 10.3. The highest BCUT2D eigenvalue weighted by atomic mass is 16.5. The molecule has 1 amide bonds. The number of hydrogen-bond donors (Lipinski definition) is 1. The van der Waals surface area contributed by atoms with Gasteiger partial charge in [0.05, 0.1) is 23.8 Å². The molecule has 0 unspecified atom stereocenters. The van der Waals surface area contributed by atoms with E-state index in [1.54, 1.807) is 23.1 Å². The van der Waals surface area contributed by atoms with Crippen LogP contribution in [0, 0.1) is 0 Å². The summed E-state index contributed by atoms with van der Waals surface area (Å²) in [7, 11) is 0. The zero-order valence-electron chi connectivity index (χ0n) is 10.0. The van der Waals surface area contributed by atoms with E-state index >= 15 is 0 Å². The van der Waals surface area contributed by atoms with Gasteiger partial charge in [0.15, 0.2) is 0 Å². The molecule has 2 aromatic rings. The highest BCUT2D eigenvalue weighted by molar-refractivity contribution is 5.93. The first-order valence-corrected chi connectivity index (χ1v) is 5.64. The average molecular weight is 246 g/mol. The van der Waals surface area contributed by atoms with Gasteiger partial charge < -0.3 is 10.1 Å². The number of nitrogens with one attached hydrogen (secondary N) is 1. The van der Waals surface area contributed by atoms with Crippen LogP contribution in [0.2, 0.25) is 0 Å². The van der Waals surface area contributed by atoms with Gasteiger partial charge in [-0.1, -0.05) is 17.3 Å². The highest BCUT2D eigenvalue weighted by Gasteiger charge is 2.08. The Hall–Kier alpha value is -2.21. The number of ether oxygens (including phenoxy) is 1. The van der Waals surface area contributed by atoms with Crippen molar-refractivity contribution in [1.82, 2.24) is 15.0 Å². The maximum Gasteiger partial charge on any atom is 0.250 e. The van der Waals surface area contributed by atoms with E-state index in [9.17, 15) is 4.79 Å². The first-order valence-electron chi connectivity index (χ1n) is 5.64. The van der Waals surface area contributed by atoms with Crippen LogP contribution >= 0.6 is 0 Å². The number of para-hydroxylation sites is 2. The third kappa shape index (κ3) is 2.92. The van der Waals surface area contributed by atoms with E-state index in [0.717, 1.165) is 5.69 Å². The maximum absolute atomic E-state index is 11.6. The molecule has 1 aromatic carbocycles. The second-order valence-electron chi connectivity index (χ2n) is 3.55. The monoisotopic (exact) mass is 246 g/mol. The zero-order valence-corrected chi connectivity index (χ0v) is 10.0. The second-order valence-corrected chi connectivity index (χ2v) is 3.55. The number of carbonyl (C=O) groups is 1. The van der Waals surface area contributed by atoms with Crippen molar-refractivity contribution in [3.05, 3.63) is 36.7 Å². The first-order chi connectivity index (χ1) is 8.81. The van der Waals surface area contributed by atoms with E-state index in [1.807, 2.05) is 25.1 Å². The molecular weight excluding hydrogens is 232 g/mol. The lowest BCUT2D eigenvalue weighted by molar-refractivity contribution is -0.120. The van der Waals surface area contributed by atoms with Gasteiger partial charge in [-0.15, -0.1) is 5.10 Å². The molecule has 6 heteroatoms. The molecule has 0 radical (unpaired) electrons. The number of carbonyl (C=O) groups excluding carboxylic acids is 1. The third-order valence-electron chi connectivity index (χ3n) is 2.28. The summed E-state index contributed by atoms with van der Waals surface area (Å²) in [5.74, 6) is -0.190. The minimum atomic E-state index is -0.190. The molecule has 2 rings (SSSR count). The molecule has 6 nitrogen and oxygen atoms in total. The third-order valence-corrected chi connectivity index (χ3v) is 2.28. The van der Waals surface area contributed by atoms with Crippen LogP contribution in [0.5, 0.6) is 0 Å². The second kappa shape index (κ2) is 5.92. The largest absolute Gasteiger partial charge is 0.372 e. The van der Waals surface area contributed by atoms with Crippen LogP contribution in [0.25, 0.3) is 5.69 Å². The quantitative estimate of drug-likeness (QED) is 0.861. The van der Waals surface area contributed by atoms with Crippen molar-refractivity contribution in [2.75, 3.05) is 18.5 Å². The number of nitrogens with zero attached hydrogens (tertiary/aromatic N) is 3. The van der Waals surface area contributed by atoms with Gasteiger partial charge in [0.1, 0.15) is 6.61 Å². The molecule has 18 heavy (non-hydrogen) atoms. The van der Waals surface area contributed by atoms with Crippen LogP contribution in [-0.4, -0.2) is 34.1 Å². The average Bonchev–Trinajstić information content (AvgIpc) is 2.91. The van der Waals surface area contributed by atoms with Crippen molar-refractivity contribution in [2.24, 2.45) is 0 Å². The van der Waals surface area contributed by atoms with Gasteiger partial charge in [0, 0.05) is 6.61 Å². The smallest absolute Gasteiger partial charge is 0.250 e. The van der Waals surface area contributed by atoms with Crippen molar-refractivity contribution in [3.63, 3.8) is 0 Å². The number of amides is 1. The van der Waals surface area contributed by atoms with E-state index in [2.05, 4.69) is 15.6 Å². The van der Waals surface area contributed by atoms with Gasteiger partial charge in [0.25, 0.3) is 0 Å². The molecule has 1 aromatic heterocycles. The molecule has 1 heterocycles. The summed E-state index contributed by atoms with van der Waals surface area (Å²) in [5, 5.41) is 10.4. The fraction of sp³-hybridized carbons (Fsp3) is 0.250. The number of hydrogen-bond acceptors (Lipinski definition) is 4.